The van der Waals surface area contributed by atoms with Gasteiger partial charge in [0, 0.05) is 28.5 Å². The summed E-state index contributed by atoms with van der Waals surface area (Å²) in [5.74, 6) is 0. The summed E-state index contributed by atoms with van der Waals surface area (Å²) in [6.45, 7) is 2.99. The van der Waals surface area contributed by atoms with E-state index in [9.17, 15) is 0 Å². The first kappa shape index (κ1) is 12.8. The lowest BCUT2D eigenvalue weighted by Crippen LogP contribution is -2.23. The van der Waals surface area contributed by atoms with Crippen molar-refractivity contribution < 1.29 is 0 Å². The zero-order valence-electron chi connectivity index (χ0n) is 10.2. The van der Waals surface area contributed by atoms with Crippen LogP contribution in [0, 0.1) is 6.92 Å². The summed E-state index contributed by atoms with van der Waals surface area (Å²) in [6.07, 6.45) is 5.71. The average molecular weight is 343 g/mol. The van der Waals surface area contributed by atoms with Gasteiger partial charge in [0.05, 0.1) is 3.79 Å². The number of halogens is 1. The van der Waals surface area contributed by atoms with Gasteiger partial charge in [0.15, 0.2) is 0 Å². The van der Waals surface area contributed by atoms with Gasteiger partial charge in [0.2, 0.25) is 0 Å². The first-order chi connectivity index (χ1) is 8.72. The van der Waals surface area contributed by atoms with Crippen LogP contribution in [0.4, 0.5) is 0 Å². The molecule has 18 heavy (non-hydrogen) atoms. The van der Waals surface area contributed by atoms with Crippen molar-refractivity contribution in [2.45, 2.75) is 38.8 Å². The van der Waals surface area contributed by atoms with Gasteiger partial charge in [-0.2, -0.15) is 0 Å². The van der Waals surface area contributed by atoms with E-state index in [0.29, 0.717) is 6.04 Å². The molecule has 1 atom stereocenters. The van der Waals surface area contributed by atoms with Crippen LogP contribution in [-0.2, 0) is 13.0 Å². The van der Waals surface area contributed by atoms with Gasteiger partial charge in [-0.05, 0) is 53.7 Å². The molecule has 1 aliphatic rings. The normalized spacial score (nSPS) is 18.9. The second-order valence-electron chi connectivity index (χ2n) is 4.62. The number of rotatable bonds is 3. The number of hydrogen-bond acceptors (Lipinski definition) is 4. The molecule has 0 aromatic carbocycles. The Hall–Kier alpha value is -0.230. The molecule has 2 aromatic heterocycles. The predicted molar refractivity (Wildman–Crippen MR) is 81.4 cm³/mol. The third-order valence-corrected chi connectivity index (χ3v) is 5.88. The third kappa shape index (κ3) is 2.69. The monoisotopic (exact) mass is 342 g/mol. The molecule has 0 spiro atoms. The van der Waals surface area contributed by atoms with Crippen LogP contribution < -0.4 is 5.32 Å². The predicted octanol–water partition coefficient (Wildman–Crippen LogP) is 4.44. The van der Waals surface area contributed by atoms with Gasteiger partial charge >= 0.3 is 0 Å². The second-order valence-corrected chi connectivity index (χ2v) is 8.45. The maximum Gasteiger partial charge on any atom is 0.107 e. The number of aromatic nitrogens is 1. The van der Waals surface area contributed by atoms with Crippen molar-refractivity contribution in [1.82, 2.24) is 10.3 Å². The van der Waals surface area contributed by atoms with Crippen LogP contribution in [0.25, 0.3) is 0 Å². The van der Waals surface area contributed by atoms with E-state index in [1.54, 1.807) is 16.2 Å². The van der Waals surface area contributed by atoms with Crippen molar-refractivity contribution in [3.63, 3.8) is 0 Å². The molecule has 1 N–H and O–H groups in total. The van der Waals surface area contributed by atoms with Crippen molar-refractivity contribution >= 4 is 38.6 Å². The molecular weight excluding hydrogens is 328 g/mol. The Bertz CT molecular complexity index is 547. The summed E-state index contributed by atoms with van der Waals surface area (Å²) in [5.41, 5.74) is 1.49. The van der Waals surface area contributed by atoms with Gasteiger partial charge in [-0.1, -0.05) is 0 Å². The Labute approximate surface area is 124 Å². The number of aryl methyl sites for hydroxylation is 2. The van der Waals surface area contributed by atoms with Crippen molar-refractivity contribution in [2.75, 3.05) is 0 Å². The molecule has 5 heteroatoms. The Balaban J connectivity index is 1.70. The molecule has 3 rings (SSSR count). The number of hydrogen-bond donors (Lipinski definition) is 1. The fourth-order valence-electron chi connectivity index (χ4n) is 2.43. The topological polar surface area (TPSA) is 24.9 Å². The first-order valence-electron chi connectivity index (χ1n) is 6.15. The van der Waals surface area contributed by atoms with Gasteiger partial charge in [0.25, 0.3) is 0 Å². The highest BCUT2D eigenvalue weighted by Gasteiger charge is 2.22. The minimum atomic E-state index is 0.500. The van der Waals surface area contributed by atoms with Gasteiger partial charge in [-0.15, -0.1) is 22.7 Å². The molecule has 0 aliphatic heterocycles. The zero-order valence-corrected chi connectivity index (χ0v) is 13.4. The Morgan fingerprint density at radius 1 is 1.50 bits per heavy atom. The smallest absolute Gasteiger partial charge is 0.107 e. The maximum absolute atomic E-state index is 4.41. The summed E-state index contributed by atoms with van der Waals surface area (Å²) in [5, 5.41) is 4.84. The molecule has 0 saturated carbocycles. The molecule has 0 radical (unpaired) electrons. The summed E-state index contributed by atoms with van der Waals surface area (Å²) in [4.78, 5) is 7.24. The number of nitrogens with one attached hydrogen (secondary N) is 1. The highest BCUT2D eigenvalue weighted by atomic mass is 79.9. The lowest BCUT2D eigenvalue weighted by molar-refractivity contribution is 0.462. The van der Waals surface area contributed by atoms with Crippen LogP contribution >= 0.6 is 38.6 Å². The molecular formula is C13H15BrN2S2. The van der Waals surface area contributed by atoms with Gasteiger partial charge in [0.1, 0.15) is 5.01 Å². The summed E-state index contributed by atoms with van der Waals surface area (Å²) >= 11 is 7.27. The van der Waals surface area contributed by atoms with E-state index in [2.05, 4.69) is 39.2 Å². The van der Waals surface area contributed by atoms with Crippen LogP contribution in [0.3, 0.4) is 0 Å². The molecule has 2 aromatic rings. The van der Waals surface area contributed by atoms with Crippen LogP contribution in [0.1, 0.15) is 39.2 Å². The van der Waals surface area contributed by atoms with E-state index in [-0.39, 0.29) is 0 Å². The Morgan fingerprint density at radius 2 is 2.39 bits per heavy atom. The standard InChI is InChI=1S/C13H15BrN2S2/c1-8-6-16-13(17-8)7-15-10-3-2-4-11-9(10)5-12(14)18-11/h5-6,10,15H,2-4,7H2,1H3. The minimum absolute atomic E-state index is 0.500. The molecule has 0 saturated heterocycles. The van der Waals surface area contributed by atoms with Crippen LogP contribution in [0.15, 0.2) is 16.0 Å². The van der Waals surface area contributed by atoms with E-state index in [0.717, 1.165) is 6.54 Å². The Morgan fingerprint density at radius 3 is 3.17 bits per heavy atom. The minimum Gasteiger partial charge on any atom is -0.304 e. The highest BCUT2D eigenvalue weighted by molar-refractivity contribution is 9.11. The van der Waals surface area contributed by atoms with E-state index in [1.165, 1.54) is 38.5 Å². The fourth-order valence-corrected chi connectivity index (χ4v) is 4.98. The van der Waals surface area contributed by atoms with Crippen molar-refractivity contribution in [2.24, 2.45) is 0 Å². The van der Waals surface area contributed by atoms with Crippen molar-refractivity contribution in [1.29, 1.82) is 0 Å². The molecule has 96 valence electrons. The number of fused-ring (bicyclic) bond motifs is 1. The lowest BCUT2D eigenvalue weighted by atomic mass is 9.94. The van der Waals surface area contributed by atoms with E-state index < -0.39 is 0 Å². The van der Waals surface area contributed by atoms with E-state index in [1.807, 2.05) is 17.5 Å². The van der Waals surface area contributed by atoms with Gasteiger partial charge in [-0.25, -0.2) is 4.98 Å². The summed E-state index contributed by atoms with van der Waals surface area (Å²) in [6, 6.07) is 2.78. The van der Waals surface area contributed by atoms with Gasteiger partial charge in [-0.3, -0.25) is 0 Å². The zero-order chi connectivity index (χ0) is 12.5. The van der Waals surface area contributed by atoms with Crippen LogP contribution in [-0.4, -0.2) is 4.98 Å². The molecule has 2 nitrogen and oxygen atoms in total. The largest absolute Gasteiger partial charge is 0.304 e. The molecule has 1 aliphatic carbocycles. The molecule has 1 unspecified atom stereocenters. The van der Waals surface area contributed by atoms with E-state index >= 15 is 0 Å². The molecule has 0 bridgehead atoms. The number of nitrogens with zero attached hydrogens (tertiary/aromatic N) is 1. The quantitative estimate of drug-likeness (QED) is 0.891. The average Bonchev–Trinajstić information content (AvgIpc) is 2.91. The van der Waals surface area contributed by atoms with Crippen molar-refractivity contribution in [3.05, 3.63) is 36.4 Å². The van der Waals surface area contributed by atoms with Crippen LogP contribution in [0.2, 0.25) is 0 Å². The highest BCUT2D eigenvalue weighted by Crippen LogP contribution is 2.38. The summed E-state index contributed by atoms with van der Waals surface area (Å²) in [7, 11) is 0. The second kappa shape index (κ2) is 5.41. The lowest BCUT2D eigenvalue weighted by Gasteiger charge is -2.23. The number of thiophene rings is 1. The third-order valence-electron chi connectivity index (χ3n) is 3.25. The SMILES string of the molecule is Cc1cnc(CNC2CCCc3sc(Br)cc32)s1. The maximum atomic E-state index is 4.41. The van der Waals surface area contributed by atoms with E-state index in [4.69, 9.17) is 0 Å². The molecule has 2 heterocycles. The molecule has 0 fully saturated rings. The Kier molecular flexibility index (Phi) is 3.84. The number of thiazole rings is 1. The summed E-state index contributed by atoms with van der Waals surface area (Å²) < 4.78 is 1.26. The van der Waals surface area contributed by atoms with Gasteiger partial charge < -0.3 is 5.32 Å². The first-order valence-corrected chi connectivity index (χ1v) is 8.58. The van der Waals surface area contributed by atoms with Crippen molar-refractivity contribution in [3.8, 4) is 0 Å². The van der Waals surface area contributed by atoms with Crippen LogP contribution in [0.5, 0.6) is 0 Å². The molecule has 0 amide bonds. The fraction of sp³-hybridized carbons (Fsp3) is 0.462.